The molecule has 2 rings (SSSR count). The van der Waals surface area contributed by atoms with Gasteiger partial charge in [-0.05, 0) is 118 Å². The highest BCUT2D eigenvalue weighted by atomic mass is 31.2. The monoisotopic (exact) mass is 707 g/mol. The number of carbonyl (C=O) groups excluding carboxylic acids is 1. The molecule has 0 heterocycles. The summed E-state index contributed by atoms with van der Waals surface area (Å²) in [6.45, 7) is 17.3. The van der Waals surface area contributed by atoms with E-state index in [4.69, 9.17) is 23.0 Å². The number of phosphoric ester groups is 1. The predicted molar refractivity (Wildman–Crippen MR) is 194 cm³/mol. The first-order chi connectivity index (χ1) is 22.8. The maximum absolute atomic E-state index is 13.7. The predicted octanol–water partition coefficient (Wildman–Crippen LogP) is 9.17. The SMILES string of the molecule is CC(C)(C)OC(=O)N(CCCCCCOCCCCc1ccccc1)CC(O)c1ccc(OP(=O)(OC(C)(C)C)OC(C)(C)C)c(CO)c1. The van der Waals surface area contributed by atoms with Crippen molar-refractivity contribution in [1.82, 2.24) is 4.90 Å². The van der Waals surface area contributed by atoms with Gasteiger partial charge in [-0.25, -0.2) is 9.36 Å². The summed E-state index contributed by atoms with van der Waals surface area (Å²) in [5, 5.41) is 21.4. The lowest BCUT2D eigenvalue weighted by Gasteiger charge is -2.31. The normalized spacial score (nSPS) is 13.3. The van der Waals surface area contributed by atoms with Gasteiger partial charge in [0.05, 0.1) is 30.5 Å². The standard InChI is InChI=1S/C38H62NO9P/c1-36(2,3)45-35(42)39(24-16-10-11-17-25-44-26-18-15-21-30-19-13-12-14-20-30)28-33(41)31-22-23-34(32(27-31)29-40)46-49(43,47-37(4,5)6)48-38(7,8)9/h12-14,19-20,22-23,27,33,40-41H,10-11,15-18,21,24-26,28-29H2,1-9H3. The maximum Gasteiger partial charge on any atom is 0.531 e. The Bertz CT molecular complexity index is 1280. The van der Waals surface area contributed by atoms with E-state index in [0.717, 1.165) is 51.6 Å². The highest BCUT2D eigenvalue weighted by Crippen LogP contribution is 2.55. The fraction of sp³-hybridized carbons (Fsp3) is 0.658. The molecule has 0 aliphatic heterocycles. The lowest BCUT2D eigenvalue weighted by atomic mass is 10.0. The Morgan fingerprint density at radius 3 is 1.96 bits per heavy atom. The Kier molecular flexibility index (Phi) is 17.3. The number of ether oxygens (including phenoxy) is 2. The van der Waals surface area contributed by atoms with E-state index in [1.54, 1.807) is 74.4 Å². The van der Waals surface area contributed by atoms with Gasteiger partial charge < -0.3 is 29.1 Å². The summed E-state index contributed by atoms with van der Waals surface area (Å²) in [5.74, 6) is 0.107. The molecule has 1 unspecified atom stereocenters. The van der Waals surface area contributed by atoms with E-state index in [9.17, 15) is 19.6 Å². The molecule has 2 aromatic rings. The number of amides is 1. The zero-order valence-corrected chi connectivity index (χ0v) is 32.2. The van der Waals surface area contributed by atoms with Crippen LogP contribution in [0.15, 0.2) is 48.5 Å². The van der Waals surface area contributed by atoms with E-state index >= 15 is 0 Å². The number of carbonyl (C=O) groups is 1. The van der Waals surface area contributed by atoms with Crippen LogP contribution >= 0.6 is 7.82 Å². The highest BCUT2D eigenvalue weighted by Gasteiger charge is 2.39. The summed E-state index contributed by atoms with van der Waals surface area (Å²) in [7, 11) is -4.11. The third-order valence-corrected chi connectivity index (χ3v) is 8.94. The summed E-state index contributed by atoms with van der Waals surface area (Å²) < 4.78 is 42.3. The number of hydrogen-bond acceptors (Lipinski definition) is 9. The van der Waals surface area contributed by atoms with Gasteiger partial charge in [-0.1, -0.05) is 49.2 Å². The summed E-state index contributed by atoms with van der Waals surface area (Å²) in [6.07, 6.45) is 5.19. The molecule has 2 N–H and O–H groups in total. The molecule has 0 radical (unpaired) electrons. The lowest BCUT2D eigenvalue weighted by molar-refractivity contribution is 0.0137. The third kappa shape index (κ3) is 18.4. The van der Waals surface area contributed by atoms with E-state index in [1.165, 1.54) is 16.5 Å². The van der Waals surface area contributed by atoms with Crippen LogP contribution in [0.2, 0.25) is 0 Å². The Morgan fingerprint density at radius 1 is 0.796 bits per heavy atom. The zero-order valence-electron chi connectivity index (χ0n) is 31.3. The van der Waals surface area contributed by atoms with Gasteiger partial charge >= 0.3 is 13.9 Å². The van der Waals surface area contributed by atoms with Crippen molar-refractivity contribution in [3.8, 4) is 5.75 Å². The molecule has 1 amide bonds. The second kappa shape index (κ2) is 19.8. The number of rotatable bonds is 20. The third-order valence-electron chi connectivity index (χ3n) is 6.98. The second-order valence-electron chi connectivity index (χ2n) is 15.4. The molecule has 0 saturated carbocycles. The van der Waals surface area contributed by atoms with Crippen molar-refractivity contribution >= 4 is 13.9 Å². The Hall–Kier alpha value is -2.46. The largest absolute Gasteiger partial charge is 0.531 e. The van der Waals surface area contributed by atoms with Gasteiger partial charge in [0.15, 0.2) is 0 Å². The zero-order chi connectivity index (χ0) is 36.7. The van der Waals surface area contributed by atoms with Crippen molar-refractivity contribution in [2.24, 2.45) is 0 Å². The Balaban J connectivity index is 1.95. The van der Waals surface area contributed by atoms with Crippen molar-refractivity contribution in [3.05, 3.63) is 65.2 Å². The van der Waals surface area contributed by atoms with Gasteiger partial charge in [0.2, 0.25) is 0 Å². The molecule has 0 fully saturated rings. The average Bonchev–Trinajstić information content (AvgIpc) is 2.96. The fourth-order valence-corrected chi connectivity index (χ4v) is 6.78. The van der Waals surface area contributed by atoms with Crippen LogP contribution in [0.3, 0.4) is 0 Å². The molecule has 278 valence electrons. The van der Waals surface area contributed by atoms with Crippen molar-refractivity contribution in [2.75, 3.05) is 26.3 Å². The Labute approximate surface area is 295 Å². The van der Waals surface area contributed by atoms with Crippen LogP contribution in [0.1, 0.15) is 124 Å². The number of benzene rings is 2. The summed E-state index contributed by atoms with van der Waals surface area (Å²) in [4.78, 5) is 14.6. The van der Waals surface area contributed by atoms with Crippen molar-refractivity contribution in [3.63, 3.8) is 0 Å². The number of aliphatic hydroxyl groups is 2. The van der Waals surface area contributed by atoms with Gasteiger partial charge in [0.25, 0.3) is 0 Å². The van der Waals surface area contributed by atoms with Gasteiger partial charge in [0.1, 0.15) is 11.4 Å². The molecular formula is C38H62NO9P. The maximum atomic E-state index is 13.7. The van der Waals surface area contributed by atoms with Crippen LogP contribution in [0.5, 0.6) is 5.75 Å². The number of nitrogens with zero attached hydrogens (tertiary/aromatic N) is 1. The molecule has 0 aliphatic carbocycles. The van der Waals surface area contributed by atoms with E-state index in [0.29, 0.717) is 18.7 Å². The van der Waals surface area contributed by atoms with Gasteiger partial charge in [-0.3, -0.25) is 9.05 Å². The summed E-state index contributed by atoms with van der Waals surface area (Å²) >= 11 is 0. The van der Waals surface area contributed by atoms with Crippen LogP contribution in [0, 0.1) is 0 Å². The van der Waals surface area contributed by atoms with Crippen LogP contribution in [-0.2, 0) is 36.1 Å². The molecule has 0 bridgehead atoms. The number of hydrogen-bond donors (Lipinski definition) is 2. The minimum absolute atomic E-state index is 0.00909. The molecule has 10 nitrogen and oxygen atoms in total. The molecule has 49 heavy (non-hydrogen) atoms. The minimum Gasteiger partial charge on any atom is -0.444 e. The molecule has 2 aromatic carbocycles. The fourth-order valence-electron chi connectivity index (χ4n) is 4.90. The molecule has 0 aromatic heterocycles. The molecule has 1 atom stereocenters. The topological polar surface area (TPSA) is 124 Å². The van der Waals surface area contributed by atoms with Crippen LogP contribution in [-0.4, -0.2) is 64.3 Å². The van der Waals surface area contributed by atoms with Crippen LogP contribution < -0.4 is 4.52 Å². The molecule has 0 saturated heterocycles. The highest BCUT2D eigenvalue weighted by molar-refractivity contribution is 7.49. The van der Waals surface area contributed by atoms with E-state index in [1.807, 2.05) is 6.07 Å². The van der Waals surface area contributed by atoms with Crippen molar-refractivity contribution in [2.45, 2.75) is 137 Å². The first kappa shape index (κ1) is 42.7. The number of unbranched alkanes of at least 4 members (excludes halogenated alkanes) is 4. The number of aryl methyl sites for hydroxylation is 1. The first-order valence-corrected chi connectivity index (χ1v) is 19.0. The smallest absolute Gasteiger partial charge is 0.444 e. The van der Waals surface area contributed by atoms with E-state index < -0.39 is 43.4 Å². The quantitative estimate of drug-likeness (QED) is 0.102. The average molecular weight is 708 g/mol. The van der Waals surface area contributed by atoms with Crippen LogP contribution in [0.4, 0.5) is 4.79 Å². The summed E-state index contributed by atoms with van der Waals surface area (Å²) in [6, 6.07) is 15.2. The lowest BCUT2D eigenvalue weighted by Crippen LogP contribution is -2.39. The van der Waals surface area contributed by atoms with Gasteiger partial charge in [-0.15, -0.1) is 0 Å². The number of aliphatic hydroxyl groups excluding tert-OH is 2. The van der Waals surface area contributed by atoms with Crippen molar-refractivity contribution in [1.29, 1.82) is 0 Å². The molecular weight excluding hydrogens is 645 g/mol. The number of phosphoric acid groups is 1. The Morgan fingerprint density at radius 2 is 1.39 bits per heavy atom. The first-order valence-electron chi connectivity index (χ1n) is 17.5. The second-order valence-corrected chi connectivity index (χ2v) is 16.8. The molecule has 11 heteroatoms. The van der Waals surface area contributed by atoms with E-state index in [2.05, 4.69) is 24.3 Å². The van der Waals surface area contributed by atoms with Crippen LogP contribution in [0.25, 0.3) is 0 Å². The minimum atomic E-state index is -4.11. The summed E-state index contributed by atoms with van der Waals surface area (Å²) in [5.41, 5.74) is -0.270. The van der Waals surface area contributed by atoms with E-state index in [-0.39, 0.29) is 17.9 Å². The van der Waals surface area contributed by atoms with Crippen molar-refractivity contribution < 1.29 is 42.6 Å². The molecule has 0 aliphatic rings. The molecule has 0 spiro atoms. The van der Waals surface area contributed by atoms with Gasteiger partial charge in [0, 0.05) is 25.3 Å². The van der Waals surface area contributed by atoms with Gasteiger partial charge in [-0.2, -0.15) is 0 Å².